The molecule has 36 heavy (non-hydrogen) atoms. The van der Waals surface area contributed by atoms with Gasteiger partial charge in [-0.15, -0.1) is 0 Å². The summed E-state index contributed by atoms with van der Waals surface area (Å²) in [5, 5.41) is 23.1. The van der Waals surface area contributed by atoms with Gasteiger partial charge in [-0.25, -0.2) is 0 Å². The van der Waals surface area contributed by atoms with E-state index in [0.29, 0.717) is 23.1 Å². The zero-order valence-electron chi connectivity index (χ0n) is 19.9. The molecule has 1 saturated heterocycles. The fourth-order valence-electron chi connectivity index (χ4n) is 4.79. The summed E-state index contributed by atoms with van der Waals surface area (Å²) < 4.78 is 0. The minimum Gasteiger partial charge on any atom is -0.508 e. The number of nitrogens with zero attached hydrogens (tertiary/aromatic N) is 2. The lowest BCUT2D eigenvalue weighted by atomic mass is 9.95. The van der Waals surface area contributed by atoms with Crippen LogP contribution in [0.25, 0.3) is 10.9 Å². The van der Waals surface area contributed by atoms with Gasteiger partial charge in [-0.05, 0) is 67.3 Å². The van der Waals surface area contributed by atoms with E-state index in [2.05, 4.69) is 10.3 Å². The average molecular weight is 480 g/mol. The van der Waals surface area contributed by atoms with Gasteiger partial charge in [-0.1, -0.05) is 30.3 Å². The molecular formula is C29H29N5O2. The van der Waals surface area contributed by atoms with Gasteiger partial charge in [0.05, 0.1) is 11.6 Å². The van der Waals surface area contributed by atoms with Crippen LogP contribution in [0.3, 0.4) is 0 Å². The first-order valence-electron chi connectivity index (χ1n) is 12.2. The number of hydrogen-bond donors (Lipinski definition) is 4. The maximum Gasteiger partial charge on any atom is 0.253 e. The number of carbonyl (C=O) groups is 1. The molecule has 1 amide bonds. The summed E-state index contributed by atoms with van der Waals surface area (Å²) in [6.45, 7) is 1.60. The number of pyridine rings is 1. The molecule has 1 aromatic heterocycles. The first kappa shape index (κ1) is 23.4. The molecule has 4 aromatic rings. The van der Waals surface area contributed by atoms with E-state index in [1.165, 1.54) is 0 Å². The highest BCUT2D eigenvalue weighted by Gasteiger charge is 2.21. The van der Waals surface area contributed by atoms with E-state index in [1.54, 1.807) is 24.4 Å². The fourth-order valence-corrected chi connectivity index (χ4v) is 4.79. The number of aromatic nitrogens is 1. The second kappa shape index (κ2) is 10.1. The molecule has 1 aliphatic heterocycles. The van der Waals surface area contributed by atoms with Crippen molar-refractivity contribution in [2.75, 3.05) is 18.4 Å². The Labute approximate surface area is 210 Å². The van der Waals surface area contributed by atoms with Crippen molar-refractivity contribution >= 4 is 28.3 Å². The smallest absolute Gasteiger partial charge is 0.253 e. The summed E-state index contributed by atoms with van der Waals surface area (Å²) >= 11 is 0. The summed E-state index contributed by atoms with van der Waals surface area (Å²) in [6, 6.07) is 22.2. The molecule has 0 radical (unpaired) electrons. The Morgan fingerprint density at radius 3 is 2.53 bits per heavy atom. The lowest BCUT2D eigenvalue weighted by Crippen LogP contribution is -2.27. The number of fused-ring (bicyclic) bond motifs is 1. The molecule has 7 nitrogen and oxygen atoms in total. The van der Waals surface area contributed by atoms with Gasteiger partial charge in [-0.3, -0.25) is 15.2 Å². The van der Waals surface area contributed by atoms with Gasteiger partial charge in [0, 0.05) is 47.1 Å². The third-order valence-corrected chi connectivity index (χ3v) is 6.71. The number of likely N-dealkylation sites (tertiary alicyclic amines) is 1. The number of amides is 1. The summed E-state index contributed by atoms with van der Waals surface area (Å²) in [4.78, 5) is 19.3. The van der Waals surface area contributed by atoms with Crippen LogP contribution in [0.1, 0.15) is 45.9 Å². The Morgan fingerprint density at radius 1 is 1.03 bits per heavy atom. The van der Waals surface area contributed by atoms with Crippen molar-refractivity contribution in [1.82, 2.24) is 9.88 Å². The third kappa shape index (κ3) is 4.86. The number of anilines is 1. The third-order valence-electron chi connectivity index (χ3n) is 6.71. The second-order valence-electron chi connectivity index (χ2n) is 9.16. The summed E-state index contributed by atoms with van der Waals surface area (Å²) in [5.41, 5.74) is 10.2. The van der Waals surface area contributed by atoms with Crippen molar-refractivity contribution in [3.05, 3.63) is 101 Å². The standard InChI is InChI=1S/C29H29N5O2/c30-28(31)20-9-11-27(35)23(17-20)26(16-19-6-2-1-3-7-19)33-24-12-13-32-25-18-21(8-10-22(24)25)29(36)34-14-4-5-15-34/h1-3,6-13,17-18,26,35H,4-5,14-16H2,(H3,30,31)(H,32,33). The van der Waals surface area contributed by atoms with Gasteiger partial charge in [0.25, 0.3) is 5.91 Å². The van der Waals surface area contributed by atoms with Gasteiger partial charge in [0.2, 0.25) is 0 Å². The van der Waals surface area contributed by atoms with Crippen molar-refractivity contribution < 1.29 is 9.90 Å². The van der Waals surface area contributed by atoms with Gasteiger partial charge < -0.3 is 21.1 Å². The van der Waals surface area contributed by atoms with E-state index in [-0.39, 0.29) is 23.5 Å². The molecule has 0 spiro atoms. The number of phenolic OH excluding ortho intramolecular Hbond substituents is 1. The molecule has 2 heterocycles. The van der Waals surface area contributed by atoms with Crippen LogP contribution in [0, 0.1) is 5.41 Å². The monoisotopic (exact) mass is 479 g/mol. The van der Waals surface area contributed by atoms with Crippen LogP contribution in [-0.2, 0) is 6.42 Å². The molecule has 3 aromatic carbocycles. The minimum absolute atomic E-state index is 0.0440. The number of benzene rings is 3. The first-order chi connectivity index (χ1) is 17.5. The Hall–Kier alpha value is -4.39. The maximum atomic E-state index is 12.9. The van der Waals surface area contributed by atoms with E-state index < -0.39 is 0 Å². The number of nitrogens with one attached hydrogen (secondary N) is 2. The predicted octanol–water partition coefficient (Wildman–Crippen LogP) is 4.86. The lowest BCUT2D eigenvalue weighted by molar-refractivity contribution is 0.0793. The van der Waals surface area contributed by atoms with E-state index in [4.69, 9.17) is 11.1 Å². The van der Waals surface area contributed by atoms with Gasteiger partial charge in [0.1, 0.15) is 11.6 Å². The molecule has 0 aliphatic carbocycles. The van der Waals surface area contributed by atoms with Crippen molar-refractivity contribution in [3.8, 4) is 5.75 Å². The highest BCUT2D eigenvalue weighted by Crippen LogP contribution is 2.33. The molecule has 1 atom stereocenters. The summed E-state index contributed by atoms with van der Waals surface area (Å²) in [7, 11) is 0. The van der Waals surface area contributed by atoms with Crippen LogP contribution in [-0.4, -0.2) is 39.8 Å². The van der Waals surface area contributed by atoms with Crippen molar-refractivity contribution in [2.45, 2.75) is 25.3 Å². The van der Waals surface area contributed by atoms with E-state index in [0.717, 1.165) is 48.1 Å². The van der Waals surface area contributed by atoms with Crippen LogP contribution in [0.4, 0.5) is 5.69 Å². The Bertz CT molecular complexity index is 1410. The topological polar surface area (TPSA) is 115 Å². The summed E-state index contributed by atoms with van der Waals surface area (Å²) in [6.07, 6.45) is 4.42. The molecular weight excluding hydrogens is 450 g/mol. The van der Waals surface area contributed by atoms with Crippen LogP contribution in [0.5, 0.6) is 5.75 Å². The predicted molar refractivity (Wildman–Crippen MR) is 143 cm³/mol. The number of amidine groups is 1. The lowest BCUT2D eigenvalue weighted by Gasteiger charge is -2.23. The Morgan fingerprint density at radius 2 is 1.78 bits per heavy atom. The number of nitrogen functional groups attached to an aromatic ring is 1. The van der Waals surface area contributed by atoms with Gasteiger partial charge in [-0.2, -0.15) is 0 Å². The molecule has 1 unspecified atom stereocenters. The highest BCUT2D eigenvalue weighted by molar-refractivity contribution is 6.00. The molecule has 0 saturated carbocycles. The van der Waals surface area contributed by atoms with Crippen molar-refractivity contribution in [2.24, 2.45) is 5.73 Å². The fraction of sp³-hybridized carbons (Fsp3) is 0.207. The SMILES string of the molecule is N=C(N)c1ccc(O)c(C(Cc2ccccc2)Nc2ccnc3cc(C(=O)N4CCCC4)ccc23)c1. The van der Waals surface area contributed by atoms with Crippen LogP contribution in [0.2, 0.25) is 0 Å². The molecule has 0 bridgehead atoms. The van der Waals surface area contributed by atoms with Crippen molar-refractivity contribution in [1.29, 1.82) is 5.41 Å². The average Bonchev–Trinajstić information content (AvgIpc) is 3.44. The van der Waals surface area contributed by atoms with E-state index in [1.807, 2.05) is 59.5 Å². The Kier molecular flexibility index (Phi) is 6.54. The second-order valence-corrected chi connectivity index (χ2v) is 9.16. The molecule has 7 heteroatoms. The molecule has 5 N–H and O–H groups in total. The molecule has 5 rings (SSSR count). The Balaban J connectivity index is 1.51. The molecule has 1 aliphatic rings. The first-order valence-corrected chi connectivity index (χ1v) is 12.2. The van der Waals surface area contributed by atoms with Crippen LogP contribution in [0.15, 0.2) is 79.0 Å². The zero-order chi connectivity index (χ0) is 25.1. The van der Waals surface area contributed by atoms with Crippen LogP contribution < -0.4 is 11.1 Å². The number of nitrogens with two attached hydrogens (primary N) is 1. The quantitative estimate of drug-likeness (QED) is 0.223. The van der Waals surface area contributed by atoms with E-state index in [9.17, 15) is 9.90 Å². The zero-order valence-corrected chi connectivity index (χ0v) is 19.9. The number of aromatic hydroxyl groups is 1. The molecule has 182 valence electrons. The number of carbonyl (C=O) groups excluding carboxylic acids is 1. The molecule has 1 fully saturated rings. The normalized spacial score (nSPS) is 14.1. The van der Waals surface area contributed by atoms with E-state index >= 15 is 0 Å². The van der Waals surface area contributed by atoms with Gasteiger partial charge in [0.15, 0.2) is 0 Å². The minimum atomic E-state index is -0.303. The highest BCUT2D eigenvalue weighted by atomic mass is 16.3. The maximum absolute atomic E-state index is 12.9. The van der Waals surface area contributed by atoms with Gasteiger partial charge >= 0.3 is 0 Å². The number of hydrogen-bond acceptors (Lipinski definition) is 5. The number of phenols is 1. The largest absolute Gasteiger partial charge is 0.508 e. The van der Waals surface area contributed by atoms with Crippen LogP contribution >= 0.6 is 0 Å². The number of rotatable bonds is 7. The summed E-state index contributed by atoms with van der Waals surface area (Å²) in [5.74, 6) is 0.118. The van der Waals surface area contributed by atoms with Crippen molar-refractivity contribution in [3.63, 3.8) is 0 Å².